The van der Waals surface area contributed by atoms with Crippen LogP contribution in [0.15, 0.2) is 108 Å². The summed E-state index contributed by atoms with van der Waals surface area (Å²) in [5, 5.41) is 5.03. The lowest BCUT2D eigenvalue weighted by Crippen LogP contribution is -2.35. The Bertz CT molecular complexity index is 928. The highest BCUT2D eigenvalue weighted by Crippen LogP contribution is 2.41. The molecule has 0 aliphatic heterocycles. The van der Waals surface area contributed by atoms with Crippen molar-refractivity contribution in [1.82, 2.24) is 5.09 Å². The normalized spacial score (nSPS) is 13.1. The van der Waals surface area contributed by atoms with Crippen LogP contribution in [-0.4, -0.2) is 6.04 Å². The van der Waals surface area contributed by atoms with E-state index in [-0.39, 0.29) is 6.04 Å². The second-order valence-corrected chi connectivity index (χ2v) is 9.85. The van der Waals surface area contributed by atoms with Crippen molar-refractivity contribution < 1.29 is 4.57 Å². The van der Waals surface area contributed by atoms with Gasteiger partial charge in [0.2, 0.25) is 7.29 Å². The van der Waals surface area contributed by atoms with Crippen LogP contribution in [0, 0.1) is 0 Å². The van der Waals surface area contributed by atoms with E-state index in [4.69, 9.17) is 0 Å². The summed E-state index contributed by atoms with van der Waals surface area (Å²) >= 11 is 3.71. The Morgan fingerprint density at radius 2 is 1.36 bits per heavy atom. The SMILES string of the molecule is C=CC[C@@H](NP(=O)(c1ccccc1)c1ccccc1)/C(Br)=C/c1ccccc1. The lowest BCUT2D eigenvalue weighted by molar-refractivity contribution is 0.571. The lowest BCUT2D eigenvalue weighted by Gasteiger charge is -2.26. The molecule has 2 nitrogen and oxygen atoms in total. The monoisotopic (exact) mass is 451 g/mol. The Morgan fingerprint density at radius 1 is 0.893 bits per heavy atom. The Hall–Kier alpha value is -2.19. The minimum atomic E-state index is -3.04. The van der Waals surface area contributed by atoms with Crippen LogP contribution in [0.25, 0.3) is 6.08 Å². The third kappa shape index (κ3) is 4.99. The van der Waals surface area contributed by atoms with Gasteiger partial charge in [-0.3, -0.25) is 9.65 Å². The van der Waals surface area contributed by atoms with Crippen LogP contribution in [0.1, 0.15) is 12.0 Å². The molecule has 3 aromatic carbocycles. The number of hydrogen-bond donors (Lipinski definition) is 1. The van der Waals surface area contributed by atoms with Gasteiger partial charge in [0, 0.05) is 21.1 Å². The smallest absolute Gasteiger partial charge is 0.205 e. The van der Waals surface area contributed by atoms with E-state index < -0.39 is 7.29 Å². The summed E-state index contributed by atoms with van der Waals surface area (Å²) < 4.78 is 15.2. The summed E-state index contributed by atoms with van der Waals surface area (Å²) in [4.78, 5) is 0. The fourth-order valence-corrected chi connectivity index (χ4v) is 6.20. The summed E-state index contributed by atoms with van der Waals surface area (Å²) in [5.41, 5.74) is 1.08. The highest BCUT2D eigenvalue weighted by atomic mass is 79.9. The van der Waals surface area contributed by atoms with Crippen molar-refractivity contribution >= 4 is 39.9 Å². The Balaban J connectivity index is 2.01. The zero-order valence-corrected chi connectivity index (χ0v) is 18.0. The first kappa shape index (κ1) is 20.5. The number of nitrogens with one attached hydrogen (secondary N) is 1. The maximum absolute atomic E-state index is 14.3. The molecule has 1 N–H and O–H groups in total. The highest BCUT2D eigenvalue weighted by Gasteiger charge is 2.30. The third-order valence-electron chi connectivity index (χ3n) is 4.42. The topological polar surface area (TPSA) is 29.1 Å². The van der Waals surface area contributed by atoms with Gasteiger partial charge in [0.05, 0.1) is 0 Å². The van der Waals surface area contributed by atoms with Crippen molar-refractivity contribution in [3.8, 4) is 0 Å². The maximum Gasteiger partial charge on any atom is 0.205 e. The van der Waals surface area contributed by atoms with Crippen molar-refractivity contribution in [3.63, 3.8) is 0 Å². The van der Waals surface area contributed by atoms with Crippen molar-refractivity contribution in [3.05, 3.63) is 114 Å². The average molecular weight is 452 g/mol. The predicted octanol–water partition coefficient (Wildman–Crippen LogP) is 5.89. The second kappa shape index (κ2) is 9.84. The minimum Gasteiger partial charge on any atom is -0.297 e. The van der Waals surface area contributed by atoms with Gasteiger partial charge in [0.1, 0.15) is 0 Å². The van der Waals surface area contributed by atoms with E-state index in [1.807, 2.05) is 97.1 Å². The van der Waals surface area contributed by atoms with Crippen LogP contribution in [0.5, 0.6) is 0 Å². The zero-order valence-electron chi connectivity index (χ0n) is 15.5. The summed E-state index contributed by atoms with van der Waals surface area (Å²) in [6.45, 7) is 3.89. The van der Waals surface area contributed by atoms with Gasteiger partial charge in [0.25, 0.3) is 0 Å². The summed E-state index contributed by atoms with van der Waals surface area (Å²) in [7, 11) is -3.04. The van der Waals surface area contributed by atoms with Gasteiger partial charge >= 0.3 is 0 Å². The molecule has 0 radical (unpaired) electrons. The quantitative estimate of drug-likeness (QED) is 0.341. The van der Waals surface area contributed by atoms with Crippen LogP contribution < -0.4 is 15.7 Å². The van der Waals surface area contributed by atoms with Gasteiger partial charge in [-0.05, 0) is 42.3 Å². The summed E-state index contributed by atoms with van der Waals surface area (Å²) in [5.74, 6) is 0. The van der Waals surface area contributed by atoms with E-state index in [0.717, 1.165) is 20.7 Å². The van der Waals surface area contributed by atoms with Gasteiger partial charge < -0.3 is 0 Å². The second-order valence-electron chi connectivity index (χ2n) is 6.43. The molecule has 0 bridgehead atoms. The summed E-state index contributed by atoms with van der Waals surface area (Å²) in [6.07, 6.45) is 4.55. The Kier molecular flexibility index (Phi) is 7.22. The number of halogens is 1. The van der Waals surface area contributed by atoms with E-state index in [9.17, 15) is 4.57 Å². The highest BCUT2D eigenvalue weighted by molar-refractivity contribution is 9.11. The molecule has 0 saturated carbocycles. The van der Waals surface area contributed by atoms with Crippen LogP contribution in [0.2, 0.25) is 0 Å². The largest absolute Gasteiger partial charge is 0.297 e. The van der Waals surface area contributed by atoms with Gasteiger partial charge in [-0.15, -0.1) is 6.58 Å². The van der Waals surface area contributed by atoms with Crippen LogP contribution in [-0.2, 0) is 4.57 Å². The molecule has 3 aromatic rings. The zero-order chi connectivity index (χ0) is 19.8. The first-order valence-corrected chi connectivity index (χ1v) is 11.7. The van der Waals surface area contributed by atoms with E-state index in [0.29, 0.717) is 6.42 Å². The van der Waals surface area contributed by atoms with Gasteiger partial charge in [-0.1, -0.05) is 88.7 Å². The van der Waals surface area contributed by atoms with Crippen molar-refractivity contribution in [2.24, 2.45) is 0 Å². The van der Waals surface area contributed by atoms with Crippen molar-refractivity contribution in [2.75, 3.05) is 0 Å². The number of benzene rings is 3. The number of hydrogen-bond acceptors (Lipinski definition) is 1. The first-order valence-electron chi connectivity index (χ1n) is 9.15. The molecular formula is C24H23BrNOP. The van der Waals surface area contributed by atoms with E-state index in [2.05, 4.69) is 33.7 Å². The molecule has 0 amide bonds. The molecule has 142 valence electrons. The Morgan fingerprint density at radius 3 is 1.82 bits per heavy atom. The molecule has 0 fully saturated rings. The molecular weight excluding hydrogens is 429 g/mol. The predicted molar refractivity (Wildman–Crippen MR) is 125 cm³/mol. The standard InChI is InChI=1S/C24H23BrNOP/c1-2-12-24(23(25)19-20-13-6-3-7-14-20)26-28(27,21-15-8-4-9-16-21)22-17-10-5-11-18-22/h2-11,13-19,24H,1,12H2,(H,26,27)/b23-19-/t24-/m1/s1. The van der Waals surface area contributed by atoms with Crippen LogP contribution in [0.4, 0.5) is 0 Å². The summed E-state index contributed by atoms with van der Waals surface area (Å²) in [6, 6.07) is 29.1. The molecule has 0 saturated heterocycles. The fraction of sp³-hybridized carbons (Fsp3) is 0.0833. The molecule has 0 unspecified atom stereocenters. The molecule has 1 atom stereocenters. The van der Waals surface area contributed by atoms with Crippen molar-refractivity contribution in [1.29, 1.82) is 0 Å². The molecule has 0 heterocycles. The van der Waals surface area contributed by atoms with E-state index >= 15 is 0 Å². The van der Waals surface area contributed by atoms with E-state index in [1.165, 1.54) is 0 Å². The maximum atomic E-state index is 14.3. The lowest BCUT2D eigenvalue weighted by atomic mass is 10.1. The van der Waals surface area contributed by atoms with Crippen molar-refractivity contribution in [2.45, 2.75) is 12.5 Å². The van der Waals surface area contributed by atoms with Crippen LogP contribution in [0.3, 0.4) is 0 Å². The minimum absolute atomic E-state index is 0.163. The Labute approximate surface area is 175 Å². The van der Waals surface area contributed by atoms with Gasteiger partial charge in [0.15, 0.2) is 0 Å². The third-order valence-corrected chi connectivity index (χ3v) is 7.92. The van der Waals surface area contributed by atoms with Gasteiger partial charge in [-0.2, -0.15) is 0 Å². The van der Waals surface area contributed by atoms with Crippen LogP contribution >= 0.6 is 23.2 Å². The average Bonchev–Trinajstić information content (AvgIpc) is 2.75. The fourth-order valence-electron chi connectivity index (χ4n) is 3.00. The molecule has 4 heteroatoms. The molecule has 0 aliphatic carbocycles. The molecule has 0 aromatic heterocycles. The molecule has 0 aliphatic rings. The van der Waals surface area contributed by atoms with Gasteiger partial charge in [-0.25, -0.2) is 0 Å². The molecule has 3 rings (SSSR count). The number of rotatable bonds is 8. The molecule has 0 spiro atoms. The van der Waals surface area contributed by atoms with E-state index in [1.54, 1.807) is 0 Å². The molecule has 28 heavy (non-hydrogen) atoms. The first-order chi connectivity index (χ1) is 13.6.